The summed E-state index contributed by atoms with van der Waals surface area (Å²) in [6.07, 6.45) is 0. The highest BCUT2D eigenvalue weighted by Gasteiger charge is 2.04. The maximum Gasteiger partial charge on any atom is 0.252 e. The summed E-state index contributed by atoms with van der Waals surface area (Å²) in [6, 6.07) is 11.8. The monoisotopic (exact) mass is 314 g/mol. The molecule has 114 valence electrons. The van der Waals surface area contributed by atoms with Crippen molar-refractivity contribution < 1.29 is 4.74 Å². The van der Waals surface area contributed by atoms with Gasteiger partial charge in [-0.1, -0.05) is 6.07 Å². The van der Waals surface area contributed by atoms with Crippen molar-refractivity contribution in [2.75, 3.05) is 6.61 Å². The number of aromatic nitrogens is 1. The van der Waals surface area contributed by atoms with Crippen molar-refractivity contribution in [2.24, 2.45) is 0 Å². The van der Waals surface area contributed by atoms with Crippen molar-refractivity contribution in [1.82, 2.24) is 10.3 Å². The van der Waals surface area contributed by atoms with E-state index in [1.54, 1.807) is 11.3 Å². The summed E-state index contributed by atoms with van der Waals surface area (Å²) in [5, 5.41) is 6.37. The normalized spacial score (nSPS) is 11.0. The van der Waals surface area contributed by atoms with E-state index in [1.165, 1.54) is 4.88 Å². The number of thiophene rings is 1. The van der Waals surface area contributed by atoms with Gasteiger partial charge in [-0.25, -0.2) is 0 Å². The number of benzene rings is 1. The Labute approximate surface area is 132 Å². The number of hydrogen-bond acceptors (Lipinski definition) is 4. The number of hydrogen-bond donors (Lipinski definition) is 2. The predicted octanol–water partition coefficient (Wildman–Crippen LogP) is 3.28. The number of H-pyrrole nitrogens is 1. The van der Waals surface area contributed by atoms with Gasteiger partial charge in [0.05, 0.1) is 12.1 Å². The Morgan fingerprint density at radius 2 is 2.14 bits per heavy atom. The van der Waals surface area contributed by atoms with Crippen LogP contribution in [0.4, 0.5) is 0 Å². The molecule has 0 aliphatic rings. The number of ether oxygens (including phenoxy) is 1. The topological polar surface area (TPSA) is 54.1 Å². The summed E-state index contributed by atoms with van der Waals surface area (Å²) in [5.41, 5.74) is 1.49. The maximum absolute atomic E-state index is 12.2. The van der Waals surface area contributed by atoms with Crippen LogP contribution >= 0.6 is 11.3 Å². The van der Waals surface area contributed by atoms with Gasteiger partial charge in [0.2, 0.25) is 0 Å². The van der Waals surface area contributed by atoms with Gasteiger partial charge in [0, 0.05) is 29.6 Å². The second-order valence-corrected chi connectivity index (χ2v) is 6.02. The summed E-state index contributed by atoms with van der Waals surface area (Å²) >= 11 is 1.71. The first-order valence-corrected chi connectivity index (χ1v) is 8.16. The van der Waals surface area contributed by atoms with Crippen LogP contribution in [0.5, 0.6) is 5.75 Å². The van der Waals surface area contributed by atoms with Crippen LogP contribution in [0.3, 0.4) is 0 Å². The zero-order valence-electron chi connectivity index (χ0n) is 12.4. The quantitative estimate of drug-likeness (QED) is 0.734. The molecule has 2 heterocycles. The molecule has 0 aliphatic heterocycles. The molecule has 0 amide bonds. The third kappa shape index (κ3) is 3.37. The lowest BCUT2D eigenvalue weighted by atomic mass is 10.1. The fourth-order valence-corrected chi connectivity index (χ4v) is 3.02. The molecule has 0 radical (unpaired) electrons. The molecule has 0 aliphatic carbocycles. The Bertz CT molecular complexity index is 809. The van der Waals surface area contributed by atoms with Crippen LogP contribution < -0.4 is 15.6 Å². The first kappa shape index (κ1) is 14.8. The third-order valence-corrected chi connectivity index (χ3v) is 4.28. The second kappa shape index (κ2) is 6.77. The smallest absolute Gasteiger partial charge is 0.252 e. The van der Waals surface area contributed by atoms with E-state index >= 15 is 0 Å². The fourth-order valence-electron chi connectivity index (χ4n) is 2.35. The van der Waals surface area contributed by atoms with Gasteiger partial charge < -0.3 is 15.0 Å². The van der Waals surface area contributed by atoms with E-state index in [9.17, 15) is 4.79 Å². The largest absolute Gasteiger partial charge is 0.494 e. The lowest BCUT2D eigenvalue weighted by Gasteiger charge is -2.07. The van der Waals surface area contributed by atoms with E-state index < -0.39 is 0 Å². The fraction of sp³-hybridized carbons (Fsp3) is 0.235. The van der Waals surface area contributed by atoms with Crippen LogP contribution in [-0.2, 0) is 13.1 Å². The van der Waals surface area contributed by atoms with Crippen LogP contribution in [0, 0.1) is 0 Å². The zero-order chi connectivity index (χ0) is 15.4. The number of aromatic amines is 1. The molecule has 5 heteroatoms. The lowest BCUT2D eigenvalue weighted by molar-refractivity contribution is 0.340. The van der Waals surface area contributed by atoms with Crippen LogP contribution in [0.25, 0.3) is 10.9 Å². The highest BCUT2D eigenvalue weighted by molar-refractivity contribution is 7.09. The first-order chi connectivity index (χ1) is 10.8. The zero-order valence-corrected chi connectivity index (χ0v) is 13.2. The van der Waals surface area contributed by atoms with Gasteiger partial charge in [-0.15, -0.1) is 11.3 Å². The summed E-state index contributed by atoms with van der Waals surface area (Å²) in [7, 11) is 0. The van der Waals surface area contributed by atoms with E-state index in [1.807, 2.05) is 37.3 Å². The predicted molar refractivity (Wildman–Crippen MR) is 90.6 cm³/mol. The van der Waals surface area contributed by atoms with Crippen molar-refractivity contribution in [2.45, 2.75) is 20.0 Å². The number of nitrogens with one attached hydrogen (secondary N) is 2. The molecule has 0 saturated heterocycles. The second-order valence-electron chi connectivity index (χ2n) is 4.99. The average molecular weight is 314 g/mol. The number of rotatable bonds is 6. The summed E-state index contributed by atoms with van der Waals surface area (Å²) in [5.74, 6) is 0.772. The number of pyridine rings is 1. The molecule has 22 heavy (non-hydrogen) atoms. The van der Waals surface area contributed by atoms with Crippen LogP contribution in [0.15, 0.2) is 46.6 Å². The molecule has 3 aromatic rings. The summed E-state index contributed by atoms with van der Waals surface area (Å²) in [4.78, 5) is 16.4. The van der Waals surface area contributed by atoms with Gasteiger partial charge in [0.15, 0.2) is 0 Å². The Balaban J connectivity index is 1.77. The highest BCUT2D eigenvalue weighted by atomic mass is 32.1. The van der Waals surface area contributed by atoms with Gasteiger partial charge in [-0.2, -0.15) is 0 Å². The molecule has 3 rings (SSSR count). The molecule has 0 atom stereocenters. The lowest BCUT2D eigenvalue weighted by Crippen LogP contribution is -2.20. The molecule has 0 unspecified atom stereocenters. The van der Waals surface area contributed by atoms with Crippen LogP contribution in [-0.4, -0.2) is 11.6 Å². The molecule has 0 spiro atoms. The van der Waals surface area contributed by atoms with E-state index in [0.717, 1.165) is 28.8 Å². The molecule has 2 aromatic heterocycles. The Kier molecular flexibility index (Phi) is 4.56. The van der Waals surface area contributed by atoms with Gasteiger partial charge in [0.25, 0.3) is 5.56 Å². The minimum absolute atomic E-state index is 0.0557. The van der Waals surface area contributed by atoms with Gasteiger partial charge in [-0.3, -0.25) is 4.79 Å². The number of fused-ring (bicyclic) bond motifs is 1. The minimum Gasteiger partial charge on any atom is -0.494 e. The van der Waals surface area contributed by atoms with Gasteiger partial charge in [0.1, 0.15) is 5.75 Å². The molecule has 0 bridgehead atoms. The van der Waals surface area contributed by atoms with E-state index in [2.05, 4.69) is 21.7 Å². The summed E-state index contributed by atoms with van der Waals surface area (Å²) < 4.78 is 5.46. The minimum atomic E-state index is -0.0557. The van der Waals surface area contributed by atoms with Crippen molar-refractivity contribution in [3.05, 3.63) is 62.6 Å². The van der Waals surface area contributed by atoms with E-state index in [0.29, 0.717) is 13.2 Å². The molecular formula is C17H18N2O2S. The third-order valence-electron chi connectivity index (χ3n) is 3.40. The Morgan fingerprint density at radius 1 is 1.23 bits per heavy atom. The van der Waals surface area contributed by atoms with Gasteiger partial charge in [-0.05, 0) is 42.0 Å². The molecular weight excluding hydrogens is 296 g/mol. The first-order valence-electron chi connectivity index (χ1n) is 7.28. The molecule has 1 aromatic carbocycles. The maximum atomic E-state index is 12.2. The standard InChI is InChI=1S/C17H18N2O2S/c1-2-21-14-6-5-12-8-13(17(20)19-16(12)9-14)10-18-11-15-4-3-7-22-15/h3-9,18H,2,10-11H2,1H3,(H,19,20). The Morgan fingerprint density at radius 3 is 2.91 bits per heavy atom. The molecule has 0 fully saturated rings. The van der Waals surface area contributed by atoms with E-state index in [4.69, 9.17) is 4.74 Å². The Hall–Kier alpha value is -2.11. The van der Waals surface area contributed by atoms with Crippen LogP contribution in [0.2, 0.25) is 0 Å². The average Bonchev–Trinajstić information content (AvgIpc) is 3.01. The highest BCUT2D eigenvalue weighted by Crippen LogP contribution is 2.19. The summed E-state index contributed by atoms with van der Waals surface area (Å²) in [6.45, 7) is 3.88. The van der Waals surface area contributed by atoms with Crippen molar-refractivity contribution in [3.63, 3.8) is 0 Å². The van der Waals surface area contributed by atoms with Crippen molar-refractivity contribution >= 4 is 22.2 Å². The molecule has 4 nitrogen and oxygen atoms in total. The molecule has 2 N–H and O–H groups in total. The SMILES string of the molecule is CCOc1ccc2cc(CNCc3cccs3)c(=O)[nH]c2c1. The molecule has 0 saturated carbocycles. The van der Waals surface area contributed by atoms with Crippen molar-refractivity contribution in [3.8, 4) is 5.75 Å². The van der Waals surface area contributed by atoms with Gasteiger partial charge >= 0.3 is 0 Å². The van der Waals surface area contributed by atoms with E-state index in [-0.39, 0.29) is 5.56 Å². The van der Waals surface area contributed by atoms with Crippen LogP contribution in [0.1, 0.15) is 17.4 Å². The van der Waals surface area contributed by atoms with Crippen molar-refractivity contribution in [1.29, 1.82) is 0 Å².